The first kappa shape index (κ1) is 18.4. The molecule has 0 saturated heterocycles. The highest BCUT2D eigenvalue weighted by molar-refractivity contribution is 5.81. The Hall–Kier alpha value is -0.610. The van der Waals surface area contributed by atoms with Crippen LogP contribution < -0.4 is 5.32 Å². The fourth-order valence-corrected chi connectivity index (χ4v) is 3.55. The molecule has 0 radical (unpaired) electrons. The van der Waals surface area contributed by atoms with E-state index < -0.39 is 5.54 Å². The highest BCUT2D eigenvalue weighted by Gasteiger charge is 2.47. The number of methoxy groups -OCH3 is 1. The molecule has 0 aromatic rings. The van der Waals surface area contributed by atoms with Gasteiger partial charge in [-0.25, -0.2) is 0 Å². The Morgan fingerprint density at radius 3 is 2.62 bits per heavy atom. The van der Waals surface area contributed by atoms with Gasteiger partial charge >= 0.3 is 5.97 Å². The third kappa shape index (κ3) is 4.68. The summed E-state index contributed by atoms with van der Waals surface area (Å²) < 4.78 is 5.07. The Balaban J connectivity index is 2.71. The van der Waals surface area contributed by atoms with Crippen LogP contribution in [0.3, 0.4) is 0 Å². The van der Waals surface area contributed by atoms with Crippen LogP contribution >= 0.6 is 0 Å². The van der Waals surface area contributed by atoms with Crippen molar-refractivity contribution in [3.05, 3.63) is 0 Å². The largest absolute Gasteiger partial charge is 0.468 e. The van der Waals surface area contributed by atoms with Gasteiger partial charge in [0, 0.05) is 12.1 Å². The quantitative estimate of drug-likeness (QED) is 0.700. The summed E-state index contributed by atoms with van der Waals surface area (Å²) >= 11 is 0. The lowest BCUT2D eigenvalue weighted by Crippen LogP contribution is -2.52. The van der Waals surface area contributed by atoms with Crippen LogP contribution in [0.15, 0.2) is 0 Å². The molecular formula is C17H34N2O2. The molecule has 0 aromatic carbocycles. The molecule has 0 spiro atoms. The van der Waals surface area contributed by atoms with E-state index in [1.54, 1.807) is 0 Å². The zero-order chi connectivity index (χ0) is 16.0. The van der Waals surface area contributed by atoms with Gasteiger partial charge in [0.1, 0.15) is 5.54 Å². The first-order chi connectivity index (χ1) is 9.86. The van der Waals surface area contributed by atoms with Gasteiger partial charge in [-0.2, -0.15) is 0 Å². The van der Waals surface area contributed by atoms with Crippen LogP contribution in [-0.2, 0) is 9.53 Å². The van der Waals surface area contributed by atoms with Crippen molar-refractivity contribution >= 4 is 5.97 Å². The highest BCUT2D eigenvalue weighted by atomic mass is 16.5. The molecule has 4 heteroatoms. The van der Waals surface area contributed by atoms with E-state index >= 15 is 0 Å². The van der Waals surface area contributed by atoms with Crippen molar-refractivity contribution in [3.8, 4) is 0 Å². The maximum Gasteiger partial charge on any atom is 0.326 e. The van der Waals surface area contributed by atoms with Gasteiger partial charge in [-0.05, 0) is 58.5 Å². The van der Waals surface area contributed by atoms with E-state index in [1.807, 2.05) is 0 Å². The summed E-state index contributed by atoms with van der Waals surface area (Å²) in [5.41, 5.74) is -0.471. The molecule has 1 N–H and O–H groups in total. The normalized spacial score (nSPS) is 27.3. The van der Waals surface area contributed by atoms with Gasteiger partial charge in [0.15, 0.2) is 0 Å². The Bertz CT molecular complexity index is 333. The van der Waals surface area contributed by atoms with Gasteiger partial charge in [-0.1, -0.05) is 20.8 Å². The third-order valence-corrected chi connectivity index (χ3v) is 4.86. The Labute approximate surface area is 130 Å². The van der Waals surface area contributed by atoms with E-state index in [2.05, 4.69) is 45.0 Å². The molecule has 21 heavy (non-hydrogen) atoms. The number of nitrogens with zero attached hydrogens (tertiary/aromatic N) is 1. The summed E-state index contributed by atoms with van der Waals surface area (Å²) in [7, 11) is 3.70. The third-order valence-electron chi connectivity index (χ3n) is 4.86. The van der Waals surface area contributed by atoms with Gasteiger partial charge in [0.25, 0.3) is 0 Å². The predicted molar refractivity (Wildman–Crippen MR) is 87.4 cm³/mol. The topological polar surface area (TPSA) is 41.6 Å². The lowest BCUT2D eigenvalue weighted by atomic mass is 9.96. The molecule has 1 saturated carbocycles. The fraction of sp³-hybridized carbons (Fsp3) is 0.941. The monoisotopic (exact) mass is 298 g/mol. The number of carbonyl (C=O) groups is 1. The fourth-order valence-electron chi connectivity index (χ4n) is 3.55. The molecule has 1 aliphatic carbocycles. The van der Waals surface area contributed by atoms with Crippen LogP contribution in [-0.4, -0.2) is 49.2 Å². The molecular weight excluding hydrogens is 264 g/mol. The maximum absolute atomic E-state index is 12.3. The average Bonchev–Trinajstić information content (AvgIpc) is 2.88. The van der Waals surface area contributed by atoms with Gasteiger partial charge in [0.2, 0.25) is 0 Å². The van der Waals surface area contributed by atoms with Gasteiger partial charge in [-0.3, -0.25) is 4.79 Å². The van der Waals surface area contributed by atoms with Crippen molar-refractivity contribution in [2.24, 2.45) is 5.92 Å². The minimum absolute atomic E-state index is 0.0941. The molecule has 1 rings (SSSR count). The van der Waals surface area contributed by atoms with Gasteiger partial charge in [-0.15, -0.1) is 0 Å². The van der Waals surface area contributed by atoms with Crippen molar-refractivity contribution in [2.75, 3.05) is 20.7 Å². The first-order valence-electron chi connectivity index (χ1n) is 8.41. The van der Waals surface area contributed by atoms with E-state index in [4.69, 9.17) is 4.74 Å². The summed E-state index contributed by atoms with van der Waals surface area (Å²) in [6.07, 6.45) is 5.02. The number of esters is 1. The number of carbonyl (C=O) groups excluding carboxylic acids is 1. The number of hydrogen-bond donors (Lipinski definition) is 1. The van der Waals surface area contributed by atoms with Crippen molar-refractivity contribution in [1.29, 1.82) is 0 Å². The Morgan fingerprint density at radius 2 is 2.10 bits per heavy atom. The van der Waals surface area contributed by atoms with Crippen LogP contribution in [0.1, 0.15) is 59.8 Å². The molecule has 0 aliphatic heterocycles. The molecule has 3 atom stereocenters. The van der Waals surface area contributed by atoms with Crippen molar-refractivity contribution in [2.45, 2.75) is 77.4 Å². The molecule has 4 nitrogen and oxygen atoms in total. The summed E-state index contributed by atoms with van der Waals surface area (Å²) in [5, 5.41) is 3.46. The van der Waals surface area contributed by atoms with Crippen LogP contribution in [0.25, 0.3) is 0 Å². The smallest absolute Gasteiger partial charge is 0.326 e. The molecule has 0 amide bonds. The number of hydrogen-bond acceptors (Lipinski definition) is 4. The zero-order valence-electron chi connectivity index (χ0n) is 14.7. The molecule has 0 heterocycles. The minimum atomic E-state index is -0.471. The molecule has 1 aliphatic rings. The van der Waals surface area contributed by atoms with Crippen LogP contribution in [0.5, 0.6) is 0 Å². The molecule has 3 unspecified atom stereocenters. The molecule has 0 bridgehead atoms. The number of rotatable bonds is 8. The van der Waals surface area contributed by atoms with Gasteiger partial charge < -0.3 is 15.0 Å². The minimum Gasteiger partial charge on any atom is -0.468 e. The first-order valence-corrected chi connectivity index (χ1v) is 8.41. The molecule has 1 fully saturated rings. The van der Waals surface area contributed by atoms with Crippen molar-refractivity contribution < 1.29 is 9.53 Å². The van der Waals surface area contributed by atoms with E-state index in [0.29, 0.717) is 18.0 Å². The second kappa shape index (κ2) is 8.14. The van der Waals surface area contributed by atoms with Crippen LogP contribution in [0, 0.1) is 5.92 Å². The summed E-state index contributed by atoms with van der Waals surface area (Å²) in [5.74, 6) is 0.607. The summed E-state index contributed by atoms with van der Waals surface area (Å²) in [6, 6.07) is 1.01. The average molecular weight is 298 g/mol. The van der Waals surface area contributed by atoms with Gasteiger partial charge in [0.05, 0.1) is 7.11 Å². The maximum atomic E-state index is 12.3. The number of ether oxygens (including phenoxy) is 1. The van der Waals surface area contributed by atoms with Crippen molar-refractivity contribution in [3.63, 3.8) is 0 Å². The number of nitrogens with one attached hydrogen (secondary N) is 1. The van der Waals surface area contributed by atoms with E-state index in [9.17, 15) is 4.79 Å². The zero-order valence-corrected chi connectivity index (χ0v) is 14.7. The van der Waals surface area contributed by atoms with Crippen molar-refractivity contribution in [1.82, 2.24) is 10.2 Å². The molecule has 124 valence electrons. The second-order valence-electron chi connectivity index (χ2n) is 7.04. The lowest BCUT2D eigenvalue weighted by Gasteiger charge is -2.33. The van der Waals surface area contributed by atoms with E-state index in [0.717, 1.165) is 32.2 Å². The SMILES string of the molecule is CCCNC1(C(=O)OC)CCC(N(C)C(C)CC(C)C)C1. The summed E-state index contributed by atoms with van der Waals surface area (Å²) in [6.45, 7) is 9.81. The second-order valence-corrected chi connectivity index (χ2v) is 7.04. The highest BCUT2D eigenvalue weighted by Crippen LogP contribution is 2.35. The Kier molecular flexibility index (Phi) is 7.14. The van der Waals surface area contributed by atoms with E-state index in [1.165, 1.54) is 13.5 Å². The predicted octanol–water partition coefficient (Wildman–Crippen LogP) is 2.82. The lowest BCUT2D eigenvalue weighted by molar-refractivity contribution is -0.148. The summed E-state index contributed by atoms with van der Waals surface area (Å²) in [4.78, 5) is 14.7. The van der Waals surface area contributed by atoms with Crippen LogP contribution in [0.4, 0.5) is 0 Å². The molecule has 0 aromatic heterocycles. The Morgan fingerprint density at radius 1 is 1.43 bits per heavy atom. The van der Waals surface area contributed by atoms with E-state index in [-0.39, 0.29) is 5.97 Å². The van der Waals surface area contributed by atoms with Crippen LogP contribution in [0.2, 0.25) is 0 Å². The standard InChI is InChI=1S/C17H34N2O2/c1-7-10-18-17(16(20)21-6)9-8-15(12-17)19(5)14(4)11-13(2)3/h13-15,18H,7-12H2,1-6H3.